The van der Waals surface area contributed by atoms with E-state index in [0.29, 0.717) is 17.1 Å². The molecule has 0 spiro atoms. The Morgan fingerprint density at radius 2 is 1.91 bits per heavy atom. The van der Waals surface area contributed by atoms with E-state index in [0.717, 1.165) is 4.90 Å². The molecule has 4 rings (SSSR count). The van der Waals surface area contributed by atoms with Crippen LogP contribution in [0.4, 0.5) is 11.5 Å². The van der Waals surface area contributed by atoms with Gasteiger partial charge in [0.1, 0.15) is 17.3 Å². The summed E-state index contributed by atoms with van der Waals surface area (Å²) in [7, 11) is 1.43. The largest absolute Gasteiger partial charge is 0.507 e. The number of anilines is 1. The topological polar surface area (TPSA) is 136 Å². The SMILES string of the molecule is COc1ccc(C(O)=C2C(=O)C(=O)N(c3cc(C)on3)[C@H]2c2ccc([N+](=O)[O-])cc2)cc1Cl. The Kier molecular flexibility index (Phi) is 5.60. The molecule has 0 aliphatic carbocycles. The number of hydrogen-bond acceptors (Lipinski definition) is 8. The summed E-state index contributed by atoms with van der Waals surface area (Å²) in [5.74, 6) is -1.54. The number of nitro benzene ring substituents is 1. The van der Waals surface area contributed by atoms with Crippen molar-refractivity contribution in [1.29, 1.82) is 0 Å². The van der Waals surface area contributed by atoms with E-state index in [1.54, 1.807) is 6.92 Å². The first-order valence-electron chi connectivity index (χ1n) is 9.55. The van der Waals surface area contributed by atoms with Gasteiger partial charge in [-0.05, 0) is 42.8 Å². The van der Waals surface area contributed by atoms with Crippen LogP contribution in [0.5, 0.6) is 5.75 Å². The molecular weight excluding hydrogens is 454 g/mol. The molecule has 1 amide bonds. The number of aliphatic hydroxyl groups is 1. The highest BCUT2D eigenvalue weighted by Gasteiger charge is 2.48. The van der Waals surface area contributed by atoms with Gasteiger partial charge in [-0.2, -0.15) is 0 Å². The molecule has 0 bridgehead atoms. The fraction of sp³-hybridized carbons (Fsp3) is 0.136. The molecular formula is C22H16ClN3O7. The molecule has 2 aromatic carbocycles. The molecule has 1 aliphatic heterocycles. The lowest BCUT2D eigenvalue weighted by Gasteiger charge is -2.22. The number of carbonyl (C=O) groups is 2. The minimum atomic E-state index is -1.11. The Morgan fingerprint density at radius 1 is 1.21 bits per heavy atom. The van der Waals surface area contributed by atoms with Crippen molar-refractivity contribution in [3.8, 4) is 5.75 Å². The minimum Gasteiger partial charge on any atom is -0.507 e. The molecule has 0 unspecified atom stereocenters. The number of ketones is 1. The van der Waals surface area contributed by atoms with Gasteiger partial charge in [0.2, 0.25) is 0 Å². The molecule has 168 valence electrons. The third-order valence-corrected chi connectivity index (χ3v) is 5.45. The van der Waals surface area contributed by atoms with Crippen LogP contribution in [0, 0.1) is 17.0 Å². The molecule has 1 saturated heterocycles. The maximum Gasteiger partial charge on any atom is 0.301 e. The number of ether oxygens (including phenoxy) is 1. The molecule has 1 fully saturated rings. The average Bonchev–Trinajstić information content (AvgIpc) is 3.34. The lowest BCUT2D eigenvalue weighted by molar-refractivity contribution is -0.384. The second kappa shape index (κ2) is 8.40. The lowest BCUT2D eigenvalue weighted by Crippen LogP contribution is -2.29. The number of nitrogens with zero attached hydrogens (tertiary/aromatic N) is 3. The molecule has 1 aliphatic rings. The van der Waals surface area contributed by atoms with Gasteiger partial charge in [-0.15, -0.1) is 0 Å². The molecule has 3 aromatic rings. The van der Waals surface area contributed by atoms with E-state index in [9.17, 15) is 24.8 Å². The van der Waals surface area contributed by atoms with Crippen molar-refractivity contribution in [1.82, 2.24) is 5.16 Å². The van der Waals surface area contributed by atoms with Crippen molar-refractivity contribution in [3.63, 3.8) is 0 Å². The summed E-state index contributed by atoms with van der Waals surface area (Å²) < 4.78 is 10.2. The number of aromatic nitrogens is 1. The third-order valence-electron chi connectivity index (χ3n) is 5.15. The zero-order chi connectivity index (χ0) is 23.9. The van der Waals surface area contributed by atoms with Crippen LogP contribution in [0.25, 0.3) is 5.76 Å². The van der Waals surface area contributed by atoms with Gasteiger partial charge in [0.05, 0.1) is 28.7 Å². The number of carbonyl (C=O) groups excluding carboxylic acids is 2. The Labute approximate surface area is 191 Å². The first-order chi connectivity index (χ1) is 15.7. The normalized spacial score (nSPS) is 17.4. The van der Waals surface area contributed by atoms with E-state index in [1.165, 1.54) is 55.6 Å². The summed E-state index contributed by atoms with van der Waals surface area (Å²) >= 11 is 6.17. The first-order valence-corrected chi connectivity index (χ1v) is 9.93. The van der Waals surface area contributed by atoms with E-state index < -0.39 is 28.4 Å². The molecule has 1 atom stereocenters. The molecule has 10 nitrogen and oxygen atoms in total. The van der Waals surface area contributed by atoms with Gasteiger partial charge in [0, 0.05) is 23.8 Å². The van der Waals surface area contributed by atoms with E-state index in [1.807, 2.05) is 0 Å². The van der Waals surface area contributed by atoms with Gasteiger partial charge in [0.15, 0.2) is 5.82 Å². The number of methoxy groups -OCH3 is 1. The summed E-state index contributed by atoms with van der Waals surface area (Å²) in [6, 6.07) is 10.0. The molecule has 0 radical (unpaired) electrons. The molecule has 1 aromatic heterocycles. The maximum absolute atomic E-state index is 13.0. The van der Waals surface area contributed by atoms with Crippen molar-refractivity contribution >= 4 is 40.6 Å². The van der Waals surface area contributed by atoms with Crippen LogP contribution in [-0.2, 0) is 9.59 Å². The quantitative estimate of drug-likeness (QED) is 0.193. The van der Waals surface area contributed by atoms with Gasteiger partial charge < -0.3 is 14.4 Å². The highest BCUT2D eigenvalue weighted by Crippen LogP contribution is 2.42. The molecule has 1 N–H and O–H groups in total. The molecule has 0 saturated carbocycles. The monoisotopic (exact) mass is 469 g/mol. The number of aryl methyl sites for hydroxylation is 1. The van der Waals surface area contributed by atoms with Crippen LogP contribution >= 0.6 is 11.6 Å². The summed E-state index contributed by atoms with van der Waals surface area (Å²) in [6.07, 6.45) is 0. The van der Waals surface area contributed by atoms with Crippen LogP contribution in [0.1, 0.15) is 22.9 Å². The first kappa shape index (κ1) is 22.0. The van der Waals surface area contributed by atoms with E-state index >= 15 is 0 Å². The number of Topliss-reactive ketones (excluding diaryl/α,β-unsaturated/α-hetero) is 1. The van der Waals surface area contributed by atoms with Gasteiger partial charge in [-0.1, -0.05) is 16.8 Å². The average molecular weight is 470 g/mol. The second-order valence-electron chi connectivity index (χ2n) is 7.16. The van der Waals surface area contributed by atoms with Gasteiger partial charge in [-0.3, -0.25) is 24.6 Å². The Hall–Kier alpha value is -4.18. The maximum atomic E-state index is 13.0. The number of halogens is 1. The Balaban J connectivity index is 1.92. The van der Waals surface area contributed by atoms with Crippen molar-refractivity contribution in [2.24, 2.45) is 0 Å². The molecule has 11 heteroatoms. The molecule has 33 heavy (non-hydrogen) atoms. The fourth-order valence-electron chi connectivity index (χ4n) is 3.60. The number of non-ortho nitro benzene ring substituents is 1. The predicted molar refractivity (Wildman–Crippen MR) is 117 cm³/mol. The number of amides is 1. The smallest absolute Gasteiger partial charge is 0.301 e. The number of hydrogen-bond donors (Lipinski definition) is 1. The van der Waals surface area contributed by atoms with Crippen molar-refractivity contribution in [3.05, 3.63) is 86.1 Å². The lowest BCUT2D eigenvalue weighted by atomic mass is 9.95. The zero-order valence-corrected chi connectivity index (χ0v) is 18.1. The molecule has 2 heterocycles. The van der Waals surface area contributed by atoms with Gasteiger partial charge >= 0.3 is 5.91 Å². The fourth-order valence-corrected chi connectivity index (χ4v) is 3.86. The Bertz CT molecular complexity index is 1310. The van der Waals surface area contributed by atoms with E-state index in [4.69, 9.17) is 20.9 Å². The van der Waals surface area contributed by atoms with Crippen LogP contribution in [0.2, 0.25) is 5.02 Å². The highest BCUT2D eigenvalue weighted by atomic mass is 35.5. The number of rotatable bonds is 5. The van der Waals surface area contributed by atoms with Crippen LogP contribution in [0.3, 0.4) is 0 Å². The van der Waals surface area contributed by atoms with Crippen LogP contribution in [0.15, 0.2) is 58.6 Å². The van der Waals surface area contributed by atoms with E-state index in [2.05, 4.69) is 5.16 Å². The van der Waals surface area contributed by atoms with Crippen molar-refractivity contribution < 1.29 is 28.9 Å². The third kappa shape index (κ3) is 3.80. The summed E-state index contributed by atoms with van der Waals surface area (Å²) in [4.78, 5) is 37.6. The van der Waals surface area contributed by atoms with E-state index in [-0.39, 0.29) is 27.7 Å². The number of aliphatic hydroxyl groups excluding tert-OH is 1. The van der Waals surface area contributed by atoms with Crippen LogP contribution < -0.4 is 9.64 Å². The van der Waals surface area contributed by atoms with Crippen LogP contribution in [-0.4, -0.2) is 34.0 Å². The summed E-state index contributed by atoms with van der Waals surface area (Å²) in [6.45, 7) is 1.62. The number of nitro groups is 1. The zero-order valence-electron chi connectivity index (χ0n) is 17.3. The summed E-state index contributed by atoms with van der Waals surface area (Å²) in [5.41, 5.74) is 0.134. The Morgan fingerprint density at radius 3 is 2.45 bits per heavy atom. The summed E-state index contributed by atoms with van der Waals surface area (Å²) in [5, 5.41) is 26.2. The minimum absolute atomic E-state index is 0.0600. The predicted octanol–water partition coefficient (Wildman–Crippen LogP) is 4.18. The standard InChI is InChI=1S/C22H16ClN3O7/c1-11-9-17(24-33-11)25-19(12-3-6-14(7-4-12)26(30)31)18(21(28)22(25)29)20(27)13-5-8-16(32-2)15(23)10-13/h3-10,19,27H,1-2H3/t19-/m0/s1. The van der Waals surface area contributed by atoms with Gasteiger partial charge in [-0.25, -0.2) is 0 Å². The highest BCUT2D eigenvalue weighted by molar-refractivity contribution is 6.51. The van der Waals surface area contributed by atoms with Gasteiger partial charge in [0.25, 0.3) is 11.5 Å². The van der Waals surface area contributed by atoms with Crippen molar-refractivity contribution in [2.75, 3.05) is 12.0 Å². The van der Waals surface area contributed by atoms with Crippen molar-refractivity contribution in [2.45, 2.75) is 13.0 Å². The number of benzene rings is 2. The second-order valence-corrected chi connectivity index (χ2v) is 7.57.